The van der Waals surface area contributed by atoms with Crippen molar-refractivity contribution in [1.82, 2.24) is 0 Å². The van der Waals surface area contributed by atoms with Crippen LogP contribution in [0.2, 0.25) is 0 Å². The molecule has 0 saturated heterocycles. The number of hydrogen-bond donors (Lipinski definition) is 1. The molecule has 1 radical (unpaired) electrons. The maximum Gasteiger partial charge on any atom is 0.268 e. The third-order valence-electron chi connectivity index (χ3n) is 3.16. The third kappa shape index (κ3) is 1.91. The summed E-state index contributed by atoms with van der Waals surface area (Å²) in [5.74, 6) is 1.88. The Morgan fingerprint density at radius 2 is 2.15 bits per heavy atom. The lowest BCUT2D eigenvalue weighted by Gasteiger charge is -2.18. The molecule has 0 fully saturated rings. The molecular weight excluding hydrogens is 274 g/mol. The molecule has 0 spiro atoms. The van der Waals surface area contributed by atoms with Gasteiger partial charge >= 0.3 is 0 Å². The molecule has 2 aliphatic rings. The van der Waals surface area contributed by atoms with E-state index in [1.54, 1.807) is 12.1 Å². The van der Waals surface area contributed by atoms with E-state index in [2.05, 4.69) is 11.4 Å². The Bertz CT molecular complexity index is 676. The monoisotopic (exact) mass is 284 g/mol. The third-order valence-corrected chi connectivity index (χ3v) is 4.24. The Morgan fingerprint density at radius 3 is 3.05 bits per heavy atom. The zero-order chi connectivity index (χ0) is 13.5. The van der Waals surface area contributed by atoms with Crippen molar-refractivity contribution in [3.8, 4) is 11.5 Å². The van der Waals surface area contributed by atoms with Gasteiger partial charge in [-0.1, -0.05) is 12.1 Å². The topological polar surface area (TPSA) is 47.6 Å². The van der Waals surface area contributed by atoms with Crippen LogP contribution in [-0.4, -0.2) is 11.7 Å². The van der Waals surface area contributed by atoms with E-state index in [1.807, 2.05) is 24.3 Å². The second kappa shape index (κ2) is 4.45. The molecule has 99 valence electrons. The summed E-state index contributed by atoms with van der Waals surface area (Å²) in [5.41, 5.74) is 1.70. The summed E-state index contributed by atoms with van der Waals surface area (Å²) in [6, 6.07) is 14.2. The molecule has 0 aliphatic carbocycles. The Labute approximate surface area is 120 Å². The van der Waals surface area contributed by atoms with Gasteiger partial charge < -0.3 is 14.8 Å². The van der Waals surface area contributed by atoms with E-state index in [1.165, 1.54) is 11.8 Å². The number of fused-ring (bicyclic) bond motifs is 2. The van der Waals surface area contributed by atoms with Crippen molar-refractivity contribution in [3.63, 3.8) is 0 Å². The van der Waals surface area contributed by atoms with Gasteiger partial charge in [-0.2, -0.15) is 0 Å². The summed E-state index contributed by atoms with van der Waals surface area (Å²) in [4.78, 5) is 12.5. The minimum Gasteiger partial charge on any atom is -0.447 e. The molecular formula is C15H10NO3S. The van der Waals surface area contributed by atoms with E-state index < -0.39 is 6.29 Å². The van der Waals surface area contributed by atoms with Crippen molar-refractivity contribution in [2.75, 3.05) is 11.1 Å². The molecule has 2 aliphatic heterocycles. The zero-order valence-electron chi connectivity index (χ0n) is 10.4. The normalized spacial score (nSPS) is 16.7. The van der Waals surface area contributed by atoms with E-state index >= 15 is 0 Å². The number of anilines is 1. The van der Waals surface area contributed by atoms with Crippen LogP contribution in [0.5, 0.6) is 11.5 Å². The summed E-state index contributed by atoms with van der Waals surface area (Å²) in [6.07, 6.45) is -0.477. The number of carbonyl (C=O) groups excluding carboxylic acids is 1. The highest BCUT2D eigenvalue weighted by atomic mass is 32.2. The molecule has 1 atom stereocenters. The molecule has 4 nitrogen and oxygen atoms in total. The molecule has 1 N–H and O–H groups in total. The Morgan fingerprint density at radius 1 is 1.25 bits per heavy atom. The molecule has 5 heteroatoms. The lowest BCUT2D eigenvalue weighted by Crippen LogP contribution is -2.19. The average Bonchev–Trinajstić information content (AvgIpc) is 2.90. The molecule has 2 aromatic carbocycles. The van der Waals surface area contributed by atoms with Crippen LogP contribution in [0.25, 0.3) is 0 Å². The fourth-order valence-electron chi connectivity index (χ4n) is 2.23. The Hall–Kier alpha value is -2.14. The first-order valence-electron chi connectivity index (χ1n) is 6.19. The van der Waals surface area contributed by atoms with Crippen LogP contribution >= 0.6 is 11.8 Å². The number of benzene rings is 2. The number of hydrogen-bond acceptors (Lipinski definition) is 4. The van der Waals surface area contributed by atoms with Crippen molar-refractivity contribution in [1.29, 1.82) is 0 Å². The number of ether oxygens (including phenoxy) is 2. The molecule has 4 rings (SSSR count). The second-order valence-corrected chi connectivity index (χ2v) is 5.55. The van der Waals surface area contributed by atoms with Crippen LogP contribution in [0.3, 0.4) is 0 Å². The van der Waals surface area contributed by atoms with E-state index in [4.69, 9.17) is 9.47 Å². The van der Waals surface area contributed by atoms with E-state index in [-0.39, 0.29) is 5.91 Å². The van der Waals surface area contributed by atoms with Gasteiger partial charge in [0.15, 0.2) is 11.5 Å². The minimum absolute atomic E-state index is 0.0193. The van der Waals surface area contributed by atoms with E-state index in [0.717, 1.165) is 16.1 Å². The molecule has 2 aromatic rings. The summed E-state index contributed by atoms with van der Waals surface area (Å²) in [7, 11) is 0. The molecule has 0 saturated carbocycles. The molecule has 20 heavy (non-hydrogen) atoms. The van der Waals surface area contributed by atoms with Gasteiger partial charge in [0.2, 0.25) is 5.91 Å². The van der Waals surface area contributed by atoms with Gasteiger partial charge in [0.25, 0.3) is 6.29 Å². The number of amides is 1. The van der Waals surface area contributed by atoms with Gasteiger partial charge in [0.05, 0.1) is 11.4 Å². The van der Waals surface area contributed by atoms with Crippen LogP contribution in [0.1, 0.15) is 11.9 Å². The van der Waals surface area contributed by atoms with Crippen LogP contribution < -0.4 is 14.8 Å². The quantitative estimate of drug-likeness (QED) is 0.874. The maximum absolute atomic E-state index is 11.4. The molecule has 2 heterocycles. The van der Waals surface area contributed by atoms with Gasteiger partial charge in [0, 0.05) is 10.5 Å². The fraction of sp³-hybridized carbons (Fsp3) is 0.133. The van der Waals surface area contributed by atoms with Gasteiger partial charge in [-0.15, -0.1) is 11.8 Å². The lowest BCUT2D eigenvalue weighted by molar-refractivity contribution is -0.113. The van der Waals surface area contributed by atoms with Crippen LogP contribution in [0, 0.1) is 6.07 Å². The Kier molecular flexibility index (Phi) is 2.60. The van der Waals surface area contributed by atoms with Crippen LogP contribution in [-0.2, 0) is 4.79 Å². The maximum atomic E-state index is 11.4. The number of carbonyl (C=O) groups is 1. The van der Waals surface area contributed by atoms with Gasteiger partial charge in [0.1, 0.15) is 0 Å². The average molecular weight is 284 g/mol. The summed E-state index contributed by atoms with van der Waals surface area (Å²) < 4.78 is 11.5. The zero-order valence-corrected chi connectivity index (χ0v) is 11.2. The van der Waals surface area contributed by atoms with Gasteiger partial charge in [-0.3, -0.25) is 4.79 Å². The predicted molar refractivity (Wildman–Crippen MR) is 75.1 cm³/mol. The molecule has 1 amide bonds. The smallest absolute Gasteiger partial charge is 0.268 e. The van der Waals surface area contributed by atoms with Gasteiger partial charge in [-0.25, -0.2) is 0 Å². The predicted octanol–water partition coefficient (Wildman–Crippen LogP) is 3.00. The lowest BCUT2D eigenvalue weighted by atomic mass is 10.2. The van der Waals surface area contributed by atoms with Crippen molar-refractivity contribution in [2.45, 2.75) is 11.2 Å². The van der Waals surface area contributed by atoms with Crippen molar-refractivity contribution >= 4 is 23.4 Å². The van der Waals surface area contributed by atoms with Crippen molar-refractivity contribution < 1.29 is 14.3 Å². The highest BCUT2D eigenvalue weighted by molar-refractivity contribution is 8.00. The highest BCUT2D eigenvalue weighted by Gasteiger charge is 2.26. The number of nitrogens with one attached hydrogen (secondary N) is 1. The first-order valence-corrected chi connectivity index (χ1v) is 7.18. The second-order valence-electron chi connectivity index (χ2n) is 4.53. The van der Waals surface area contributed by atoms with Crippen molar-refractivity contribution in [2.24, 2.45) is 0 Å². The summed E-state index contributed by atoms with van der Waals surface area (Å²) >= 11 is 1.54. The Balaban J connectivity index is 1.65. The number of rotatable bonds is 1. The van der Waals surface area contributed by atoms with Gasteiger partial charge in [-0.05, 0) is 30.3 Å². The number of thioether (sulfide) groups is 1. The van der Waals surface area contributed by atoms with E-state index in [0.29, 0.717) is 17.3 Å². The SMILES string of the molecule is O=C1CSc2ccc(C3Oc4c[c]ccc4O3)cc2N1. The van der Waals surface area contributed by atoms with E-state index in [9.17, 15) is 4.79 Å². The highest BCUT2D eigenvalue weighted by Crippen LogP contribution is 2.41. The fourth-order valence-corrected chi connectivity index (χ4v) is 3.02. The molecule has 1 unspecified atom stereocenters. The molecule has 0 aromatic heterocycles. The summed E-state index contributed by atoms with van der Waals surface area (Å²) in [6.45, 7) is 0. The molecule has 0 bridgehead atoms. The van der Waals surface area contributed by atoms with Crippen LogP contribution in [0.15, 0.2) is 41.3 Å². The van der Waals surface area contributed by atoms with Crippen LogP contribution in [0.4, 0.5) is 5.69 Å². The largest absolute Gasteiger partial charge is 0.447 e. The minimum atomic E-state index is -0.477. The summed E-state index contributed by atoms with van der Waals surface area (Å²) in [5, 5.41) is 2.87. The first kappa shape index (κ1) is 11.7. The van der Waals surface area contributed by atoms with Crippen molar-refractivity contribution in [3.05, 3.63) is 48.0 Å². The first-order chi connectivity index (χ1) is 9.79. The standard InChI is InChI=1S/C15H10NO3S/c17-14-8-20-13-6-5-9(7-10(13)16-14)15-18-11-3-1-2-4-12(11)19-15/h1,3-7,15H,8H2,(H,16,17).